The van der Waals surface area contributed by atoms with Crippen LogP contribution in [0.15, 0.2) is 30.5 Å². The maximum Gasteiger partial charge on any atom is 0.337 e. The number of carboxylic acid groups (broad SMARTS) is 1. The summed E-state index contributed by atoms with van der Waals surface area (Å²) in [5.74, 6) is -2.68. The lowest BCUT2D eigenvalue weighted by Crippen LogP contribution is -2.05. The summed E-state index contributed by atoms with van der Waals surface area (Å²) in [4.78, 5) is 26.3. The van der Waals surface area contributed by atoms with Crippen LogP contribution < -0.4 is 5.73 Å². The molecular weight excluding hydrogens is 279 g/mol. The molecule has 0 fully saturated rings. The van der Waals surface area contributed by atoms with E-state index in [9.17, 15) is 14.0 Å². The van der Waals surface area contributed by atoms with Crippen LogP contribution in [0.1, 0.15) is 20.7 Å². The van der Waals surface area contributed by atoms with E-state index < -0.39 is 17.8 Å². The number of hydrogen-bond acceptors (Lipinski definition) is 5. The molecule has 3 N–H and O–H groups in total. The molecular formula is C14H11FN2O4. The van der Waals surface area contributed by atoms with E-state index in [0.29, 0.717) is 0 Å². The molecule has 0 radical (unpaired) electrons. The van der Waals surface area contributed by atoms with E-state index in [0.717, 1.165) is 12.1 Å². The zero-order valence-corrected chi connectivity index (χ0v) is 11.0. The molecule has 0 saturated heterocycles. The molecule has 1 heterocycles. The van der Waals surface area contributed by atoms with Crippen LogP contribution in [0.5, 0.6) is 0 Å². The third-order valence-corrected chi connectivity index (χ3v) is 2.84. The molecule has 0 bridgehead atoms. The highest BCUT2D eigenvalue weighted by molar-refractivity contribution is 5.97. The number of carbonyl (C=O) groups excluding carboxylic acids is 1. The number of benzene rings is 1. The number of ether oxygens (including phenoxy) is 1. The number of hydrogen-bond donors (Lipinski definition) is 2. The summed E-state index contributed by atoms with van der Waals surface area (Å²) in [6.07, 6.45) is 1.18. The third-order valence-electron chi connectivity index (χ3n) is 2.84. The lowest BCUT2D eigenvalue weighted by Gasteiger charge is -2.09. The van der Waals surface area contributed by atoms with Crippen molar-refractivity contribution in [3.63, 3.8) is 0 Å². The highest BCUT2D eigenvalue weighted by Gasteiger charge is 2.17. The quantitative estimate of drug-likeness (QED) is 0.838. The minimum atomic E-state index is -1.25. The SMILES string of the molecule is COC(=O)c1ccc(-c2cnc(N)cc2C(=O)O)c(F)c1. The van der Waals surface area contributed by atoms with Crippen LogP contribution in [0.2, 0.25) is 0 Å². The molecule has 0 aliphatic heterocycles. The summed E-state index contributed by atoms with van der Waals surface area (Å²) in [6, 6.07) is 4.75. The van der Waals surface area contributed by atoms with Gasteiger partial charge in [-0.1, -0.05) is 6.07 Å². The number of nitrogens with zero attached hydrogens (tertiary/aromatic N) is 1. The fourth-order valence-electron chi connectivity index (χ4n) is 1.84. The molecule has 0 saturated carbocycles. The zero-order chi connectivity index (χ0) is 15.6. The topological polar surface area (TPSA) is 103 Å². The number of halogens is 1. The molecule has 0 spiro atoms. The zero-order valence-electron chi connectivity index (χ0n) is 11.0. The van der Waals surface area contributed by atoms with Gasteiger partial charge in [0.05, 0.1) is 18.2 Å². The van der Waals surface area contributed by atoms with E-state index in [2.05, 4.69) is 9.72 Å². The molecule has 108 valence electrons. The van der Waals surface area contributed by atoms with Gasteiger partial charge in [-0.3, -0.25) is 0 Å². The van der Waals surface area contributed by atoms with E-state index in [1.54, 1.807) is 0 Å². The normalized spacial score (nSPS) is 10.2. The Morgan fingerprint density at radius 2 is 2.00 bits per heavy atom. The van der Waals surface area contributed by atoms with Crippen molar-refractivity contribution in [3.8, 4) is 11.1 Å². The van der Waals surface area contributed by atoms with Crippen LogP contribution in [0, 0.1) is 5.82 Å². The smallest absolute Gasteiger partial charge is 0.337 e. The standard InChI is InChI=1S/C14H11FN2O4/c1-21-14(20)7-2-3-8(11(15)4-7)10-6-17-12(16)5-9(10)13(18)19/h2-6H,1H3,(H2,16,17)(H,18,19). The maximum absolute atomic E-state index is 14.1. The first kappa shape index (κ1) is 14.4. The first-order valence-corrected chi connectivity index (χ1v) is 5.81. The van der Waals surface area contributed by atoms with E-state index in [1.807, 2.05) is 0 Å². The Kier molecular flexibility index (Phi) is 3.84. The van der Waals surface area contributed by atoms with Crippen LogP contribution in [0.25, 0.3) is 11.1 Å². The predicted octanol–water partition coefficient (Wildman–Crippen LogP) is 1.95. The van der Waals surface area contributed by atoms with Gasteiger partial charge < -0.3 is 15.6 Å². The number of aromatic carboxylic acids is 1. The van der Waals surface area contributed by atoms with E-state index >= 15 is 0 Å². The Morgan fingerprint density at radius 1 is 1.29 bits per heavy atom. The minimum Gasteiger partial charge on any atom is -0.478 e. The molecule has 0 aliphatic carbocycles. The van der Waals surface area contributed by atoms with Gasteiger partial charge in [-0.15, -0.1) is 0 Å². The molecule has 1 aromatic heterocycles. The molecule has 7 heteroatoms. The monoisotopic (exact) mass is 290 g/mol. The number of aromatic nitrogens is 1. The fraction of sp³-hybridized carbons (Fsp3) is 0.0714. The molecule has 2 aromatic rings. The summed E-state index contributed by atoms with van der Waals surface area (Å²) < 4.78 is 18.6. The lowest BCUT2D eigenvalue weighted by molar-refractivity contribution is 0.0599. The molecule has 0 amide bonds. The Labute approximate surface area is 119 Å². The van der Waals surface area contributed by atoms with Crippen LogP contribution >= 0.6 is 0 Å². The minimum absolute atomic E-state index is 0.00699. The summed E-state index contributed by atoms with van der Waals surface area (Å²) in [5.41, 5.74) is 5.37. The van der Waals surface area contributed by atoms with Gasteiger partial charge in [0, 0.05) is 17.3 Å². The lowest BCUT2D eigenvalue weighted by atomic mass is 10.00. The number of methoxy groups -OCH3 is 1. The van der Waals surface area contributed by atoms with Gasteiger partial charge in [0.2, 0.25) is 0 Å². The van der Waals surface area contributed by atoms with E-state index in [1.165, 1.54) is 25.4 Å². The molecule has 0 unspecified atom stereocenters. The van der Waals surface area contributed by atoms with Crippen molar-refractivity contribution >= 4 is 17.8 Å². The largest absolute Gasteiger partial charge is 0.478 e. The Morgan fingerprint density at radius 3 is 2.57 bits per heavy atom. The Balaban J connectivity index is 2.58. The van der Waals surface area contributed by atoms with Crippen molar-refractivity contribution in [1.29, 1.82) is 0 Å². The van der Waals surface area contributed by atoms with Gasteiger partial charge in [0.25, 0.3) is 0 Å². The van der Waals surface area contributed by atoms with Crippen LogP contribution in [-0.4, -0.2) is 29.1 Å². The second-order valence-electron chi connectivity index (χ2n) is 4.15. The maximum atomic E-state index is 14.1. The van der Waals surface area contributed by atoms with Crippen LogP contribution in [-0.2, 0) is 4.74 Å². The van der Waals surface area contributed by atoms with Gasteiger partial charge in [0.1, 0.15) is 11.6 Å². The summed E-state index contributed by atoms with van der Waals surface area (Å²) in [7, 11) is 1.18. The van der Waals surface area contributed by atoms with Crippen molar-refractivity contribution < 1.29 is 23.8 Å². The summed E-state index contributed by atoms with van der Waals surface area (Å²) in [5, 5.41) is 9.14. The number of carbonyl (C=O) groups is 2. The van der Waals surface area contributed by atoms with E-state index in [-0.39, 0.29) is 28.1 Å². The molecule has 21 heavy (non-hydrogen) atoms. The first-order chi connectivity index (χ1) is 9.93. The molecule has 0 aliphatic rings. The van der Waals surface area contributed by atoms with Crippen molar-refractivity contribution in [2.45, 2.75) is 0 Å². The van der Waals surface area contributed by atoms with Crippen molar-refractivity contribution in [1.82, 2.24) is 4.98 Å². The number of rotatable bonds is 3. The van der Waals surface area contributed by atoms with Crippen molar-refractivity contribution in [2.24, 2.45) is 0 Å². The van der Waals surface area contributed by atoms with Gasteiger partial charge in [-0.25, -0.2) is 19.0 Å². The fourth-order valence-corrected chi connectivity index (χ4v) is 1.84. The van der Waals surface area contributed by atoms with Crippen molar-refractivity contribution in [2.75, 3.05) is 12.8 Å². The number of esters is 1. The first-order valence-electron chi connectivity index (χ1n) is 5.81. The Bertz CT molecular complexity index is 731. The van der Waals surface area contributed by atoms with Crippen LogP contribution in [0.4, 0.5) is 10.2 Å². The highest BCUT2D eigenvalue weighted by atomic mass is 19.1. The van der Waals surface area contributed by atoms with Gasteiger partial charge in [0.15, 0.2) is 0 Å². The molecule has 1 aromatic carbocycles. The number of carboxylic acids is 1. The second-order valence-corrected chi connectivity index (χ2v) is 4.15. The number of pyridine rings is 1. The van der Waals surface area contributed by atoms with Crippen LogP contribution in [0.3, 0.4) is 0 Å². The summed E-state index contributed by atoms with van der Waals surface area (Å²) in [6.45, 7) is 0. The van der Waals surface area contributed by atoms with Crippen molar-refractivity contribution in [3.05, 3.63) is 47.4 Å². The molecule has 0 atom stereocenters. The van der Waals surface area contributed by atoms with E-state index in [4.69, 9.17) is 10.8 Å². The molecule has 6 nitrogen and oxygen atoms in total. The number of anilines is 1. The highest BCUT2D eigenvalue weighted by Crippen LogP contribution is 2.27. The van der Waals surface area contributed by atoms with Gasteiger partial charge in [-0.05, 0) is 18.2 Å². The Hall–Kier alpha value is -2.96. The number of nitrogen functional groups attached to an aromatic ring is 1. The average Bonchev–Trinajstić information content (AvgIpc) is 2.46. The summed E-state index contributed by atoms with van der Waals surface area (Å²) >= 11 is 0. The molecule has 2 rings (SSSR count). The second kappa shape index (κ2) is 5.58. The average molecular weight is 290 g/mol. The predicted molar refractivity (Wildman–Crippen MR) is 72.3 cm³/mol. The third kappa shape index (κ3) is 2.81. The van der Waals surface area contributed by atoms with Gasteiger partial charge >= 0.3 is 11.9 Å². The number of nitrogens with two attached hydrogens (primary N) is 1. The van der Waals surface area contributed by atoms with Gasteiger partial charge in [-0.2, -0.15) is 0 Å².